The third-order valence-corrected chi connectivity index (χ3v) is 11.5. The Morgan fingerprint density at radius 3 is 0.917 bits per heavy atom. The average Bonchev–Trinajstić information content (AvgIpc) is 2.87. The van der Waals surface area contributed by atoms with Crippen LogP contribution < -0.4 is 7.02 Å². The normalized spacial score (nSPS) is 11.2. The van der Waals surface area contributed by atoms with Gasteiger partial charge in [0.15, 0.2) is 0 Å². The molecule has 0 aliphatic rings. The molecule has 0 saturated carbocycles. The predicted octanol–water partition coefficient (Wildman–Crippen LogP) is 2.22. The Morgan fingerprint density at radius 1 is 0.500 bits per heavy atom. The molecule has 1 aromatic carbocycles. The van der Waals surface area contributed by atoms with Gasteiger partial charge in [0, 0.05) is 0 Å². The molecule has 0 radical (unpaired) electrons. The summed E-state index contributed by atoms with van der Waals surface area (Å²) in [4.78, 5) is 48.4. The summed E-state index contributed by atoms with van der Waals surface area (Å²) >= 11 is -7.15. The fourth-order valence-electron chi connectivity index (χ4n) is 1.98. The van der Waals surface area contributed by atoms with E-state index in [0.717, 1.165) is 24.3 Å². The van der Waals surface area contributed by atoms with E-state index in [9.17, 15) is 19.2 Å². The Balaban J connectivity index is 3.24. The quantitative estimate of drug-likeness (QED) is 0.165. The van der Waals surface area contributed by atoms with Crippen molar-refractivity contribution in [2.75, 3.05) is 0 Å². The molecule has 0 bridgehead atoms. The van der Waals surface area contributed by atoms with E-state index in [-0.39, 0.29) is 0 Å². The summed E-state index contributed by atoms with van der Waals surface area (Å²) in [6.07, 6.45) is 15.8. The van der Waals surface area contributed by atoms with Gasteiger partial charge in [-0.25, -0.2) is 0 Å². The molecule has 0 spiro atoms. The van der Waals surface area contributed by atoms with Crippen molar-refractivity contribution >= 4 is 73.0 Å². The molecule has 186 valence electrons. The molecular formula is C26H24O8Sb2. The maximum atomic E-state index is 12.1. The van der Waals surface area contributed by atoms with E-state index < -0.39 is 66.0 Å². The summed E-state index contributed by atoms with van der Waals surface area (Å²) in [6, 6.07) is 6.30. The molecule has 0 aromatic heterocycles. The average molecular weight is 708 g/mol. The predicted molar refractivity (Wildman–Crippen MR) is 139 cm³/mol. The number of carbonyl (C=O) groups excluding carboxylic acids is 4. The molecule has 0 amide bonds. The van der Waals surface area contributed by atoms with Gasteiger partial charge < -0.3 is 0 Å². The van der Waals surface area contributed by atoms with Crippen molar-refractivity contribution in [3.05, 3.63) is 123 Å². The van der Waals surface area contributed by atoms with Gasteiger partial charge in [0.1, 0.15) is 0 Å². The Bertz CT molecular complexity index is 946. The van der Waals surface area contributed by atoms with E-state index in [1.165, 1.54) is 48.6 Å². The van der Waals surface area contributed by atoms with Gasteiger partial charge in [0.05, 0.1) is 0 Å². The first kappa shape index (κ1) is 30.7. The number of carbonyl (C=O) groups is 4. The number of allylic oxidation sites excluding steroid dienone is 8. The van der Waals surface area contributed by atoms with Crippen molar-refractivity contribution in [2.24, 2.45) is 0 Å². The van der Waals surface area contributed by atoms with Crippen LogP contribution >= 0.6 is 0 Å². The number of benzene rings is 1. The molecule has 10 heteroatoms. The summed E-state index contributed by atoms with van der Waals surface area (Å²) in [5, 5.41) is 0. The standard InChI is InChI=1S/C6H4.4C5H6O2.2Sb/c1-2-4-6-5-3-1;4*1-2-3-4-5(6)7;;/h1-2,5-6H;4*2-4H,1H2,(H,6,7);;/q;;;;;2*+2/p-4. The van der Waals surface area contributed by atoms with Crippen LogP contribution in [-0.4, -0.2) is 66.0 Å². The van der Waals surface area contributed by atoms with Crippen LogP contribution in [0, 0.1) is 0 Å². The third kappa shape index (κ3) is 12.4. The maximum absolute atomic E-state index is 12.1. The molecule has 0 fully saturated rings. The zero-order chi connectivity index (χ0) is 26.8. The Labute approximate surface area is 226 Å². The van der Waals surface area contributed by atoms with Gasteiger partial charge in [-0.05, 0) is 0 Å². The first-order valence-electron chi connectivity index (χ1n) is 10.1. The molecule has 36 heavy (non-hydrogen) atoms. The van der Waals surface area contributed by atoms with E-state index in [4.69, 9.17) is 12.1 Å². The fourth-order valence-corrected chi connectivity index (χ4v) is 8.20. The molecule has 1 aromatic rings. The summed E-state index contributed by atoms with van der Waals surface area (Å²) < 4.78 is 22.7. The molecule has 0 atom stereocenters. The van der Waals surface area contributed by atoms with E-state index in [1.807, 2.05) is 0 Å². The van der Waals surface area contributed by atoms with Gasteiger partial charge in [-0.1, -0.05) is 0 Å². The second kappa shape index (κ2) is 18.0. The molecule has 0 unspecified atom stereocenters. The van der Waals surface area contributed by atoms with Crippen LogP contribution in [0.3, 0.4) is 0 Å². The Morgan fingerprint density at radius 2 is 0.722 bits per heavy atom. The molecule has 0 aliphatic carbocycles. The first-order chi connectivity index (χ1) is 17.3. The topological polar surface area (TPSA) is 105 Å². The van der Waals surface area contributed by atoms with E-state index in [2.05, 4.69) is 26.3 Å². The van der Waals surface area contributed by atoms with Crippen molar-refractivity contribution in [3.8, 4) is 0 Å². The van der Waals surface area contributed by atoms with Gasteiger partial charge in [0.2, 0.25) is 0 Å². The molecule has 8 nitrogen and oxygen atoms in total. The summed E-state index contributed by atoms with van der Waals surface area (Å²) in [7, 11) is 0. The molecule has 0 N–H and O–H groups in total. The van der Waals surface area contributed by atoms with Crippen LogP contribution in [0.4, 0.5) is 0 Å². The van der Waals surface area contributed by atoms with Crippen molar-refractivity contribution in [2.45, 2.75) is 0 Å². The van der Waals surface area contributed by atoms with Crippen molar-refractivity contribution in [1.82, 2.24) is 0 Å². The summed E-state index contributed by atoms with van der Waals surface area (Å²) in [5.41, 5.74) is 0. The number of hydrogen-bond acceptors (Lipinski definition) is 8. The fraction of sp³-hybridized carbons (Fsp3) is 0. The van der Waals surface area contributed by atoms with Crippen molar-refractivity contribution in [3.63, 3.8) is 0 Å². The summed E-state index contributed by atoms with van der Waals surface area (Å²) in [5.74, 6) is -2.76. The van der Waals surface area contributed by atoms with Crippen LogP contribution in [0.15, 0.2) is 123 Å². The van der Waals surface area contributed by atoms with Gasteiger partial charge in [-0.2, -0.15) is 0 Å². The first-order valence-corrected chi connectivity index (χ1v) is 16.8. The van der Waals surface area contributed by atoms with Crippen LogP contribution in [-0.2, 0) is 31.2 Å². The monoisotopic (exact) mass is 706 g/mol. The van der Waals surface area contributed by atoms with Crippen LogP contribution in [0.25, 0.3) is 0 Å². The van der Waals surface area contributed by atoms with Gasteiger partial charge in [-0.3, -0.25) is 0 Å². The van der Waals surface area contributed by atoms with Gasteiger partial charge >= 0.3 is 228 Å². The Kier molecular flexibility index (Phi) is 15.3. The van der Waals surface area contributed by atoms with E-state index in [0.29, 0.717) is 7.02 Å². The minimum atomic E-state index is -3.57. The minimum absolute atomic E-state index is 0.485. The zero-order valence-electron chi connectivity index (χ0n) is 19.2. The number of rotatable bonds is 14. The van der Waals surface area contributed by atoms with Crippen LogP contribution in [0.2, 0.25) is 0 Å². The van der Waals surface area contributed by atoms with Gasteiger partial charge in [-0.15, -0.1) is 0 Å². The Hall–Kier alpha value is -3.34. The van der Waals surface area contributed by atoms with Crippen LogP contribution in [0.5, 0.6) is 0 Å². The summed E-state index contributed by atoms with van der Waals surface area (Å²) in [6.45, 7) is 13.9. The SMILES string of the molecule is C=CC=CC(=O)[O][Sb]([O]C(=O)C=CC=C)[c]1cc[c]([Sb]([O]C(=O)C=CC=C)[O]C(=O)C=CC=C)cc1. The molecular weight excluding hydrogens is 684 g/mol. The van der Waals surface area contributed by atoms with E-state index in [1.54, 1.807) is 24.3 Å². The van der Waals surface area contributed by atoms with E-state index >= 15 is 0 Å². The molecule has 0 saturated heterocycles. The second-order valence-corrected chi connectivity index (χ2v) is 14.0. The van der Waals surface area contributed by atoms with Crippen molar-refractivity contribution in [1.29, 1.82) is 0 Å². The number of hydrogen-bond donors (Lipinski definition) is 0. The molecule has 1 rings (SSSR count). The second-order valence-electron chi connectivity index (χ2n) is 6.05. The molecule has 0 heterocycles. The van der Waals surface area contributed by atoms with Crippen molar-refractivity contribution < 1.29 is 31.2 Å². The zero-order valence-corrected chi connectivity index (χ0v) is 24.3. The van der Waals surface area contributed by atoms with Crippen LogP contribution in [0.1, 0.15) is 0 Å². The molecule has 0 aliphatic heterocycles. The van der Waals surface area contributed by atoms with Gasteiger partial charge in [0.25, 0.3) is 0 Å². The third-order valence-electron chi connectivity index (χ3n) is 3.44.